The summed E-state index contributed by atoms with van der Waals surface area (Å²) in [5, 5.41) is 4.67. The number of isothiocyanates is 1. The van der Waals surface area contributed by atoms with Gasteiger partial charge >= 0.3 is 5.97 Å². The first-order chi connectivity index (χ1) is 8.77. The molecule has 0 unspecified atom stereocenters. The van der Waals surface area contributed by atoms with Gasteiger partial charge in [-0.2, -0.15) is 4.99 Å². The largest absolute Gasteiger partial charge is 0.465 e. The highest BCUT2D eigenvalue weighted by Crippen LogP contribution is 2.37. The normalized spacial score (nSPS) is 9.61. The van der Waals surface area contributed by atoms with Crippen LogP contribution in [-0.2, 0) is 4.74 Å². The summed E-state index contributed by atoms with van der Waals surface area (Å²) in [6.07, 6.45) is 0. The Balaban J connectivity index is 2.62. The van der Waals surface area contributed by atoms with Crippen LogP contribution in [0.2, 0.25) is 0 Å². The summed E-state index contributed by atoms with van der Waals surface area (Å²) in [6, 6.07) is 9.61. The van der Waals surface area contributed by atoms with E-state index in [2.05, 4.69) is 22.4 Å². The van der Waals surface area contributed by atoms with E-state index in [1.807, 2.05) is 35.7 Å². The van der Waals surface area contributed by atoms with Gasteiger partial charge in [-0.3, -0.25) is 0 Å². The number of ether oxygens (including phenoxy) is 1. The average molecular weight is 275 g/mol. The summed E-state index contributed by atoms with van der Waals surface area (Å²) < 4.78 is 4.79. The molecule has 1 heterocycles. The van der Waals surface area contributed by atoms with Crippen molar-refractivity contribution in [3.05, 3.63) is 41.3 Å². The van der Waals surface area contributed by atoms with E-state index in [0.29, 0.717) is 10.6 Å². The molecule has 0 N–H and O–H groups in total. The van der Waals surface area contributed by atoms with Crippen LogP contribution in [-0.4, -0.2) is 18.2 Å². The van der Waals surface area contributed by atoms with Gasteiger partial charge in [0.1, 0.15) is 10.6 Å². The monoisotopic (exact) mass is 275 g/mol. The minimum Gasteiger partial charge on any atom is -0.465 e. The van der Waals surface area contributed by atoms with Gasteiger partial charge in [0.05, 0.1) is 12.3 Å². The second-order valence-corrected chi connectivity index (χ2v) is 4.43. The third-order valence-electron chi connectivity index (χ3n) is 2.39. The first kappa shape index (κ1) is 12.6. The van der Waals surface area contributed by atoms with E-state index < -0.39 is 5.97 Å². The molecule has 0 amide bonds. The molecule has 0 saturated carbocycles. The lowest BCUT2D eigenvalue weighted by atomic mass is 10.0. The Labute approximate surface area is 114 Å². The van der Waals surface area contributed by atoms with Gasteiger partial charge in [-0.05, 0) is 17.8 Å². The third-order valence-corrected chi connectivity index (χ3v) is 3.36. The van der Waals surface area contributed by atoms with Crippen molar-refractivity contribution in [1.82, 2.24) is 0 Å². The number of carbonyl (C=O) groups excluding carboxylic acids is 1. The first-order valence-corrected chi connectivity index (χ1v) is 6.39. The summed E-state index contributed by atoms with van der Waals surface area (Å²) in [5.41, 5.74) is 2.18. The Morgan fingerprint density at radius 1 is 1.39 bits per heavy atom. The first-order valence-electron chi connectivity index (χ1n) is 5.11. The fraction of sp³-hybridized carbons (Fsp3) is 0.0769. The number of esters is 1. The van der Waals surface area contributed by atoms with Gasteiger partial charge in [-0.1, -0.05) is 30.3 Å². The molecule has 0 aliphatic carbocycles. The van der Waals surface area contributed by atoms with Crippen LogP contribution in [0.5, 0.6) is 0 Å². The van der Waals surface area contributed by atoms with E-state index in [0.717, 1.165) is 11.1 Å². The summed E-state index contributed by atoms with van der Waals surface area (Å²) in [7, 11) is 1.35. The number of rotatable bonds is 3. The number of benzene rings is 1. The van der Waals surface area contributed by atoms with E-state index in [1.54, 1.807) is 0 Å². The minimum absolute atomic E-state index is 0.417. The predicted octanol–water partition coefficient (Wildman–Crippen LogP) is 3.94. The van der Waals surface area contributed by atoms with Crippen molar-refractivity contribution in [1.29, 1.82) is 0 Å². The molecule has 18 heavy (non-hydrogen) atoms. The Hall–Kier alpha value is -1.81. The van der Waals surface area contributed by atoms with Gasteiger partial charge in [0, 0.05) is 10.9 Å². The molecule has 3 nitrogen and oxygen atoms in total. The van der Waals surface area contributed by atoms with Gasteiger partial charge in [-0.25, -0.2) is 4.79 Å². The molecule has 0 fully saturated rings. The van der Waals surface area contributed by atoms with E-state index >= 15 is 0 Å². The molecule has 0 saturated heterocycles. The molecular formula is C13H9NO2S2. The van der Waals surface area contributed by atoms with Crippen molar-refractivity contribution >= 4 is 39.7 Å². The Bertz CT molecular complexity index is 613. The lowest BCUT2D eigenvalue weighted by Gasteiger charge is -2.03. The van der Waals surface area contributed by atoms with E-state index in [4.69, 9.17) is 4.74 Å². The number of nitrogens with zero attached hydrogens (tertiary/aromatic N) is 1. The van der Waals surface area contributed by atoms with Crippen molar-refractivity contribution in [3.8, 4) is 11.1 Å². The van der Waals surface area contributed by atoms with Crippen LogP contribution < -0.4 is 0 Å². The molecular weight excluding hydrogens is 266 g/mol. The number of hydrogen-bond donors (Lipinski definition) is 0. The Morgan fingerprint density at radius 2 is 2.11 bits per heavy atom. The lowest BCUT2D eigenvalue weighted by Crippen LogP contribution is -2.01. The SMILES string of the molecule is COC(=O)c1c(-c2ccccc2)csc1N=C=S. The molecule has 0 aliphatic rings. The van der Waals surface area contributed by atoms with E-state index in [-0.39, 0.29) is 0 Å². The predicted molar refractivity (Wildman–Crippen MR) is 75.8 cm³/mol. The number of carbonyl (C=O) groups is 1. The maximum absolute atomic E-state index is 11.8. The highest BCUT2D eigenvalue weighted by molar-refractivity contribution is 7.78. The number of thiophene rings is 1. The molecule has 1 aromatic carbocycles. The van der Waals surface area contributed by atoms with Crippen LogP contribution in [0.3, 0.4) is 0 Å². The van der Waals surface area contributed by atoms with E-state index in [1.165, 1.54) is 18.4 Å². The highest BCUT2D eigenvalue weighted by atomic mass is 32.1. The van der Waals surface area contributed by atoms with Crippen LogP contribution >= 0.6 is 23.6 Å². The van der Waals surface area contributed by atoms with Gasteiger partial charge in [0.15, 0.2) is 0 Å². The van der Waals surface area contributed by atoms with E-state index in [9.17, 15) is 4.79 Å². The zero-order valence-electron chi connectivity index (χ0n) is 9.54. The van der Waals surface area contributed by atoms with Crippen molar-refractivity contribution < 1.29 is 9.53 Å². The molecule has 0 spiro atoms. The maximum atomic E-state index is 11.8. The highest BCUT2D eigenvalue weighted by Gasteiger charge is 2.20. The summed E-state index contributed by atoms with van der Waals surface area (Å²) in [6.45, 7) is 0. The second kappa shape index (κ2) is 5.69. The average Bonchev–Trinajstić information content (AvgIpc) is 2.83. The lowest BCUT2D eigenvalue weighted by molar-refractivity contribution is 0.0603. The van der Waals surface area contributed by atoms with Crippen molar-refractivity contribution in [2.24, 2.45) is 4.99 Å². The summed E-state index contributed by atoms with van der Waals surface area (Å²) in [5.74, 6) is -0.417. The van der Waals surface area contributed by atoms with Crippen LogP contribution in [0.15, 0.2) is 40.7 Å². The molecule has 0 aliphatic heterocycles. The zero-order valence-corrected chi connectivity index (χ0v) is 11.2. The quantitative estimate of drug-likeness (QED) is 0.484. The number of thiocarbonyl (C=S) groups is 1. The number of hydrogen-bond acceptors (Lipinski definition) is 5. The van der Waals surface area contributed by atoms with Crippen LogP contribution in [0.25, 0.3) is 11.1 Å². The molecule has 90 valence electrons. The standard InChI is InChI=1S/C13H9NO2S2/c1-16-13(15)11-10(7-18-12(11)14-8-17)9-5-3-2-4-6-9/h2-7H,1H3. The van der Waals surface area contributed by atoms with Gasteiger partial charge in [0.2, 0.25) is 0 Å². The molecule has 2 rings (SSSR count). The maximum Gasteiger partial charge on any atom is 0.341 e. The molecule has 0 atom stereocenters. The number of methoxy groups -OCH3 is 1. The minimum atomic E-state index is -0.417. The van der Waals surface area contributed by atoms with Crippen molar-refractivity contribution in [3.63, 3.8) is 0 Å². The topological polar surface area (TPSA) is 38.7 Å². The molecule has 1 aromatic heterocycles. The molecule has 0 radical (unpaired) electrons. The van der Waals surface area contributed by atoms with Gasteiger partial charge in [0.25, 0.3) is 0 Å². The fourth-order valence-electron chi connectivity index (χ4n) is 1.60. The van der Waals surface area contributed by atoms with Gasteiger partial charge in [-0.15, -0.1) is 11.3 Å². The second-order valence-electron chi connectivity index (χ2n) is 3.39. The van der Waals surface area contributed by atoms with Crippen LogP contribution in [0.4, 0.5) is 5.00 Å². The zero-order chi connectivity index (χ0) is 13.0. The van der Waals surface area contributed by atoms with Crippen LogP contribution in [0.1, 0.15) is 10.4 Å². The van der Waals surface area contributed by atoms with Gasteiger partial charge < -0.3 is 4.74 Å². The fourth-order valence-corrected chi connectivity index (χ4v) is 2.64. The molecule has 0 bridgehead atoms. The molecule has 2 aromatic rings. The number of aliphatic imine (C=N–C) groups is 1. The molecule has 5 heteroatoms. The summed E-state index contributed by atoms with van der Waals surface area (Å²) in [4.78, 5) is 15.7. The Morgan fingerprint density at radius 3 is 2.72 bits per heavy atom. The van der Waals surface area contributed by atoms with Crippen LogP contribution in [0, 0.1) is 0 Å². The third kappa shape index (κ3) is 2.38. The van der Waals surface area contributed by atoms with Crippen molar-refractivity contribution in [2.75, 3.05) is 7.11 Å². The van der Waals surface area contributed by atoms with Crippen molar-refractivity contribution in [2.45, 2.75) is 0 Å². The Kier molecular flexibility index (Phi) is 3.99. The summed E-state index contributed by atoms with van der Waals surface area (Å²) >= 11 is 5.92. The smallest absolute Gasteiger partial charge is 0.341 e.